The molecule has 1 saturated heterocycles. The minimum absolute atomic E-state index is 0. The Balaban J connectivity index is 0.00000264. The maximum absolute atomic E-state index is 13.2. The van der Waals surface area contributed by atoms with E-state index in [4.69, 9.17) is 5.73 Å². The SMILES string of the molecule is CC(N)CCC(=O)N1CCN(Cc2cccc(F)c2)C(=O)C1.Cl. The zero-order valence-electron chi connectivity index (χ0n) is 13.2. The summed E-state index contributed by atoms with van der Waals surface area (Å²) in [5, 5.41) is 0. The summed E-state index contributed by atoms with van der Waals surface area (Å²) < 4.78 is 13.2. The van der Waals surface area contributed by atoms with Gasteiger partial charge in [-0.1, -0.05) is 12.1 Å². The predicted molar refractivity (Wildman–Crippen MR) is 88.5 cm³/mol. The minimum Gasteiger partial charge on any atom is -0.335 e. The van der Waals surface area contributed by atoms with Gasteiger partial charge in [-0.05, 0) is 31.0 Å². The van der Waals surface area contributed by atoms with E-state index in [0.717, 1.165) is 5.56 Å². The van der Waals surface area contributed by atoms with Crippen LogP contribution in [-0.4, -0.2) is 47.3 Å². The number of benzene rings is 1. The molecule has 1 aromatic rings. The highest BCUT2D eigenvalue weighted by atomic mass is 35.5. The van der Waals surface area contributed by atoms with Crippen LogP contribution < -0.4 is 5.73 Å². The van der Waals surface area contributed by atoms with E-state index in [2.05, 4.69) is 0 Å². The second-order valence-corrected chi connectivity index (χ2v) is 5.78. The molecular formula is C16H23ClFN3O2. The number of rotatable bonds is 5. The Kier molecular flexibility index (Phi) is 7.45. The third-order valence-electron chi connectivity index (χ3n) is 3.75. The average molecular weight is 344 g/mol. The number of halogens is 2. The van der Waals surface area contributed by atoms with Gasteiger partial charge in [0.1, 0.15) is 5.82 Å². The summed E-state index contributed by atoms with van der Waals surface area (Å²) in [7, 11) is 0. The topological polar surface area (TPSA) is 66.6 Å². The fraction of sp³-hybridized carbons (Fsp3) is 0.500. The third kappa shape index (κ3) is 5.80. The second kappa shape index (κ2) is 8.84. The molecule has 23 heavy (non-hydrogen) atoms. The molecule has 2 N–H and O–H groups in total. The number of nitrogens with zero attached hydrogens (tertiary/aromatic N) is 2. The predicted octanol–water partition coefficient (Wildman–Crippen LogP) is 1.55. The van der Waals surface area contributed by atoms with Crippen LogP contribution in [-0.2, 0) is 16.1 Å². The highest BCUT2D eigenvalue weighted by molar-refractivity contribution is 5.86. The molecule has 0 radical (unpaired) electrons. The van der Waals surface area contributed by atoms with Gasteiger partial charge in [-0.15, -0.1) is 12.4 Å². The van der Waals surface area contributed by atoms with Gasteiger partial charge in [0.25, 0.3) is 0 Å². The lowest BCUT2D eigenvalue weighted by atomic mass is 10.1. The maximum atomic E-state index is 13.2. The summed E-state index contributed by atoms with van der Waals surface area (Å²) in [5.41, 5.74) is 6.40. The summed E-state index contributed by atoms with van der Waals surface area (Å²) in [4.78, 5) is 27.4. The molecule has 0 bridgehead atoms. The van der Waals surface area contributed by atoms with Crippen molar-refractivity contribution in [2.75, 3.05) is 19.6 Å². The minimum atomic E-state index is -0.310. The first-order valence-corrected chi connectivity index (χ1v) is 7.51. The number of carbonyl (C=O) groups is 2. The van der Waals surface area contributed by atoms with Crippen molar-refractivity contribution in [2.24, 2.45) is 5.73 Å². The normalized spacial score (nSPS) is 16.0. The van der Waals surface area contributed by atoms with Gasteiger partial charge in [0.05, 0.1) is 6.54 Å². The fourth-order valence-corrected chi connectivity index (χ4v) is 2.45. The molecule has 1 atom stereocenters. The smallest absolute Gasteiger partial charge is 0.242 e. The number of hydrogen-bond acceptors (Lipinski definition) is 3. The Morgan fingerprint density at radius 2 is 2.13 bits per heavy atom. The van der Waals surface area contributed by atoms with E-state index < -0.39 is 0 Å². The van der Waals surface area contributed by atoms with Crippen LogP contribution in [0.3, 0.4) is 0 Å². The van der Waals surface area contributed by atoms with Crippen molar-refractivity contribution >= 4 is 24.2 Å². The molecule has 0 spiro atoms. The van der Waals surface area contributed by atoms with Crippen LogP contribution in [0, 0.1) is 5.82 Å². The quantitative estimate of drug-likeness (QED) is 0.882. The zero-order valence-corrected chi connectivity index (χ0v) is 14.0. The molecule has 1 aromatic carbocycles. The summed E-state index contributed by atoms with van der Waals surface area (Å²) in [5.74, 6) is -0.449. The van der Waals surface area contributed by atoms with Crippen LogP contribution in [0.25, 0.3) is 0 Å². The average Bonchev–Trinajstić information content (AvgIpc) is 2.47. The largest absolute Gasteiger partial charge is 0.335 e. The molecule has 2 rings (SSSR count). The maximum Gasteiger partial charge on any atom is 0.242 e. The number of carbonyl (C=O) groups excluding carboxylic acids is 2. The van der Waals surface area contributed by atoms with Crippen molar-refractivity contribution in [1.82, 2.24) is 9.80 Å². The Morgan fingerprint density at radius 3 is 2.74 bits per heavy atom. The number of amides is 2. The molecule has 0 aliphatic carbocycles. The highest BCUT2D eigenvalue weighted by Crippen LogP contribution is 2.12. The van der Waals surface area contributed by atoms with Gasteiger partial charge in [0.15, 0.2) is 0 Å². The van der Waals surface area contributed by atoms with Gasteiger partial charge in [-0.2, -0.15) is 0 Å². The van der Waals surface area contributed by atoms with Crippen molar-refractivity contribution in [3.05, 3.63) is 35.6 Å². The van der Waals surface area contributed by atoms with E-state index in [0.29, 0.717) is 32.5 Å². The van der Waals surface area contributed by atoms with Crippen molar-refractivity contribution in [3.8, 4) is 0 Å². The Hall–Kier alpha value is -1.66. The molecular weight excluding hydrogens is 321 g/mol. The van der Waals surface area contributed by atoms with Gasteiger partial charge in [0.2, 0.25) is 11.8 Å². The molecule has 0 saturated carbocycles. The van der Waals surface area contributed by atoms with E-state index in [1.807, 2.05) is 6.92 Å². The molecule has 7 heteroatoms. The Labute approximate surface area is 142 Å². The van der Waals surface area contributed by atoms with Crippen molar-refractivity contribution in [3.63, 3.8) is 0 Å². The lowest BCUT2D eigenvalue weighted by Gasteiger charge is -2.34. The van der Waals surface area contributed by atoms with Gasteiger partial charge in [0, 0.05) is 32.1 Å². The van der Waals surface area contributed by atoms with E-state index >= 15 is 0 Å². The zero-order chi connectivity index (χ0) is 16.1. The Bertz CT molecular complexity index is 554. The number of nitrogens with two attached hydrogens (primary N) is 1. The van der Waals surface area contributed by atoms with Crippen molar-refractivity contribution < 1.29 is 14.0 Å². The van der Waals surface area contributed by atoms with Crippen LogP contribution >= 0.6 is 12.4 Å². The lowest BCUT2D eigenvalue weighted by Crippen LogP contribution is -2.51. The molecule has 1 fully saturated rings. The molecule has 1 aliphatic rings. The van der Waals surface area contributed by atoms with E-state index in [-0.39, 0.29) is 42.6 Å². The second-order valence-electron chi connectivity index (χ2n) is 5.78. The highest BCUT2D eigenvalue weighted by Gasteiger charge is 2.26. The van der Waals surface area contributed by atoms with Gasteiger partial charge in [-0.3, -0.25) is 9.59 Å². The van der Waals surface area contributed by atoms with Crippen LogP contribution in [0.5, 0.6) is 0 Å². The fourth-order valence-electron chi connectivity index (χ4n) is 2.45. The molecule has 1 heterocycles. The first-order valence-electron chi connectivity index (χ1n) is 7.51. The van der Waals surface area contributed by atoms with Gasteiger partial charge >= 0.3 is 0 Å². The standard InChI is InChI=1S/C16H22FN3O2.ClH/c1-12(18)5-6-15(21)20-8-7-19(16(22)11-20)10-13-3-2-4-14(17)9-13;/h2-4,9,12H,5-8,10-11,18H2,1H3;1H. The van der Waals surface area contributed by atoms with Crippen LogP contribution in [0.15, 0.2) is 24.3 Å². The molecule has 128 valence electrons. The summed E-state index contributed by atoms with van der Waals surface area (Å²) in [6.45, 7) is 3.30. The summed E-state index contributed by atoms with van der Waals surface area (Å²) in [6.07, 6.45) is 0.991. The van der Waals surface area contributed by atoms with E-state index in [1.165, 1.54) is 12.1 Å². The third-order valence-corrected chi connectivity index (χ3v) is 3.75. The van der Waals surface area contributed by atoms with Gasteiger partial charge < -0.3 is 15.5 Å². The van der Waals surface area contributed by atoms with Gasteiger partial charge in [-0.25, -0.2) is 4.39 Å². The lowest BCUT2D eigenvalue weighted by molar-refractivity contribution is -0.145. The number of piperazine rings is 1. The van der Waals surface area contributed by atoms with Crippen LogP contribution in [0.1, 0.15) is 25.3 Å². The summed E-state index contributed by atoms with van der Waals surface area (Å²) in [6, 6.07) is 6.20. The monoisotopic (exact) mass is 343 g/mol. The summed E-state index contributed by atoms with van der Waals surface area (Å²) >= 11 is 0. The van der Waals surface area contributed by atoms with E-state index in [9.17, 15) is 14.0 Å². The van der Waals surface area contributed by atoms with E-state index in [1.54, 1.807) is 21.9 Å². The number of hydrogen-bond donors (Lipinski definition) is 1. The van der Waals surface area contributed by atoms with Crippen molar-refractivity contribution in [2.45, 2.75) is 32.4 Å². The van der Waals surface area contributed by atoms with Crippen LogP contribution in [0.4, 0.5) is 4.39 Å². The molecule has 0 aromatic heterocycles. The molecule has 5 nitrogen and oxygen atoms in total. The molecule has 2 amide bonds. The first kappa shape index (κ1) is 19.4. The Morgan fingerprint density at radius 1 is 1.39 bits per heavy atom. The molecule has 1 unspecified atom stereocenters. The first-order chi connectivity index (χ1) is 10.5. The molecule has 1 aliphatic heterocycles. The van der Waals surface area contributed by atoms with Crippen molar-refractivity contribution in [1.29, 1.82) is 0 Å². The van der Waals surface area contributed by atoms with Crippen LogP contribution in [0.2, 0.25) is 0 Å².